The van der Waals surface area contributed by atoms with E-state index in [-0.39, 0.29) is 21.2 Å². The molecule has 1 aromatic heterocycles. The number of hydrogen-bond donors (Lipinski definition) is 1. The van der Waals surface area contributed by atoms with Crippen LogP contribution in [0.2, 0.25) is 0 Å². The van der Waals surface area contributed by atoms with Crippen LogP contribution in [0.15, 0.2) is 27.5 Å². The summed E-state index contributed by atoms with van der Waals surface area (Å²) in [7, 11) is 0. The second kappa shape index (κ2) is 6.56. The molecule has 7 nitrogen and oxygen atoms in total. The highest BCUT2D eigenvalue weighted by atomic mass is 79.9. The molecule has 0 saturated heterocycles. The highest BCUT2D eigenvalue weighted by Crippen LogP contribution is 2.42. The highest BCUT2D eigenvalue weighted by Gasteiger charge is 2.36. The third kappa shape index (κ3) is 3.97. The van der Waals surface area contributed by atoms with Crippen LogP contribution in [0.1, 0.15) is 11.3 Å². The Morgan fingerprint density at radius 2 is 2.00 bits per heavy atom. The number of nitro groups is 1. The minimum absolute atomic E-state index is 0.0128. The second-order valence-corrected chi connectivity index (χ2v) is 5.65. The second-order valence-electron chi connectivity index (χ2n) is 4.79. The van der Waals surface area contributed by atoms with Gasteiger partial charge in [0, 0.05) is 17.3 Å². The van der Waals surface area contributed by atoms with Crippen LogP contribution in [-0.4, -0.2) is 16.3 Å². The molecule has 2 aromatic rings. The third-order valence-corrected chi connectivity index (χ3v) is 3.62. The Bertz CT molecular complexity index is 964. The Kier molecular flexibility index (Phi) is 4.85. The number of ether oxygens (including phenoxy) is 1. The predicted molar refractivity (Wildman–Crippen MR) is 83.0 cm³/mol. The highest BCUT2D eigenvalue weighted by molar-refractivity contribution is 9.10. The molecule has 0 fully saturated rings. The van der Waals surface area contributed by atoms with Crippen LogP contribution in [0, 0.1) is 28.4 Å². The van der Waals surface area contributed by atoms with Crippen molar-refractivity contribution in [2.75, 3.05) is 0 Å². The van der Waals surface area contributed by atoms with E-state index in [1.165, 1.54) is 13.0 Å². The monoisotopic (exact) mass is 417 g/mol. The average Bonchev–Trinajstić information content (AvgIpc) is 2.46. The van der Waals surface area contributed by atoms with Gasteiger partial charge in [-0.1, -0.05) is 0 Å². The molecule has 2 rings (SSSR count). The topological polar surface area (TPSA) is 109 Å². The van der Waals surface area contributed by atoms with Crippen molar-refractivity contribution in [3.63, 3.8) is 0 Å². The van der Waals surface area contributed by atoms with Crippen molar-refractivity contribution >= 4 is 21.6 Å². The molecule has 0 radical (unpaired) electrons. The number of nitro benzene ring substituents is 1. The molecular weight excluding hydrogens is 411 g/mol. The summed E-state index contributed by atoms with van der Waals surface area (Å²) in [5, 5.41) is 20.3. The summed E-state index contributed by atoms with van der Waals surface area (Å²) in [5.74, 6) is -1.03. The van der Waals surface area contributed by atoms with Crippen molar-refractivity contribution in [1.29, 1.82) is 5.26 Å². The lowest BCUT2D eigenvalue weighted by atomic mass is 10.0. The molecule has 0 aliphatic heterocycles. The first-order chi connectivity index (χ1) is 11.5. The zero-order chi connectivity index (χ0) is 18.9. The lowest BCUT2D eigenvalue weighted by Gasteiger charge is -2.13. The van der Waals surface area contributed by atoms with Crippen LogP contribution in [0.25, 0.3) is 11.1 Å². The van der Waals surface area contributed by atoms with Crippen LogP contribution in [0.3, 0.4) is 0 Å². The zero-order valence-corrected chi connectivity index (χ0v) is 13.9. The number of nitrogens with one attached hydrogen (secondary N) is 1. The number of hydrogen-bond acceptors (Lipinski definition) is 5. The maximum absolute atomic E-state index is 12.5. The summed E-state index contributed by atoms with van der Waals surface area (Å²) < 4.78 is 40.7. The fourth-order valence-corrected chi connectivity index (χ4v) is 2.64. The number of nitrogens with zero attached hydrogens (tertiary/aromatic N) is 2. The van der Waals surface area contributed by atoms with Gasteiger partial charge in [-0.25, -0.2) is 0 Å². The molecule has 0 aliphatic carbocycles. The molecule has 0 spiro atoms. The Balaban J connectivity index is 2.77. The lowest BCUT2D eigenvalue weighted by Crippen LogP contribution is -2.18. The van der Waals surface area contributed by atoms with Gasteiger partial charge in [-0.15, -0.1) is 13.2 Å². The summed E-state index contributed by atoms with van der Waals surface area (Å²) in [6.07, 6.45) is -5.13. The maximum atomic E-state index is 12.5. The number of aryl methyl sites for hydroxylation is 1. The van der Waals surface area contributed by atoms with Gasteiger partial charge in [-0.3, -0.25) is 14.9 Å². The number of H-pyrrole nitrogens is 1. The van der Waals surface area contributed by atoms with Gasteiger partial charge in [-0.05, 0) is 40.5 Å². The zero-order valence-electron chi connectivity index (χ0n) is 12.3. The van der Waals surface area contributed by atoms with Gasteiger partial charge < -0.3 is 9.72 Å². The van der Waals surface area contributed by atoms with Gasteiger partial charge in [0.25, 0.3) is 5.56 Å². The maximum Gasteiger partial charge on any atom is 0.573 e. The minimum atomic E-state index is -5.13. The van der Waals surface area contributed by atoms with E-state index in [4.69, 9.17) is 5.26 Å². The molecule has 0 amide bonds. The normalized spacial score (nSPS) is 11.0. The molecule has 1 N–H and O–H groups in total. The Labute approximate surface area is 145 Å². The summed E-state index contributed by atoms with van der Waals surface area (Å²) in [5.41, 5.74) is -1.58. The smallest absolute Gasteiger partial charge is 0.397 e. The average molecular weight is 418 g/mol. The quantitative estimate of drug-likeness (QED) is 0.603. The molecule has 0 saturated carbocycles. The standard InChI is InChI=1S/C14H7BrF3N3O4/c1-6-2-8(9(5-19)13(22)20-6)7-3-10(15)12(25-14(16,17)18)11(4-7)21(23)24/h2-4H,1H3,(H,20,22). The van der Waals surface area contributed by atoms with E-state index in [0.29, 0.717) is 5.69 Å². The summed E-state index contributed by atoms with van der Waals surface area (Å²) in [6, 6.07) is 4.96. The number of halogens is 4. The number of benzene rings is 1. The lowest BCUT2D eigenvalue weighted by molar-refractivity contribution is -0.388. The Morgan fingerprint density at radius 1 is 1.36 bits per heavy atom. The van der Waals surface area contributed by atoms with Gasteiger partial charge >= 0.3 is 12.0 Å². The molecule has 25 heavy (non-hydrogen) atoms. The van der Waals surface area contributed by atoms with Crippen molar-refractivity contribution < 1.29 is 22.8 Å². The van der Waals surface area contributed by atoms with E-state index < -0.39 is 28.3 Å². The van der Waals surface area contributed by atoms with E-state index >= 15 is 0 Å². The van der Waals surface area contributed by atoms with E-state index in [9.17, 15) is 28.1 Å². The van der Waals surface area contributed by atoms with Crippen LogP contribution < -0.4 is 10.3 Å². The van der Waals surface area contributed by atoms with Crippen molar-refractivity contribution in [3.05, 3.63) is 54.4 Å². The molecule has 0 atom stereocenters. The van der Waals surface area contributed by atoms with Gasteiger partial charge in [0.15, 0.2) is 0 Å². The predicted octanol–water partition coefficient (Wildman–Crippen LogP) is 3.79. The first kappa shape index (κ1) is 18.5. The largest absolute Gasteiger partial charge is 0.573 e. The number of rotatable bonds is 3. The number of aromatic amines is 1. The SMILES string of the molecule is Cc1cc(-c2cc(Br)c(OC(F)(F)F)c([N+](=O)[O-])c2)c(C#N)c(=O)[nH]1. The summed E-state index contributed by atoms with van der Waals surface area (Å²) in [4.78, 5) is 24.3. The van der Waals surface area contributed by atoms with E-state index in [1.54, 1.807) is 6.07 Å². The molecule has 0 unspecified atom stereocenters. The van der Waals surface area contributed by atoms with Gasteiger partial charge in [0.2, 0.25) is 5.75 Å². The molecule has 11 heteroatoms. The number of nitriles is 1. The molecule has 1 heterocycles. The molecular formula is C14H7BrF3N3O4. The summed E-state index contributed by atoms with van der Waals surface area (Å²) >= 11 is 2.80. The number of alkyl halides is 3. The molecule has 0 bridgehead atoms. The van der Waals surface area contributed by atoms with Crippen LogP contribution >= 0.6 is 15.9 Å². The van der Waals surface area contributed by atoms with E-state index in [2.05, 4.69) is 25.7 Å². The molecule has 0 aliphatic rings. The van der Waals surface area contributed by atoms with Crippen LogP contribution in [0.5, 0.6) is 5.75 Å². The van der Waals surface area contributed by atoms with E-state index in [0.717, 1.165) is 12.1 Å². The van der Waals surface area contributed by atoms with Crippen molar-refractivity contribution in [3.8, 4) is 22.9 Å². The fraction of sp³-hybridized carbons (Fsp3) is 0.143. The van der Waals surface area contributed by atoms with Crippen LogP contribution in [0.4, 0.5) is 18.9 Å². The number of aromatic nitrogens is 1. The van der Waals surface area contributed by atoms with Crippen LogP contribution in [-0.2, 0) is 0 Å². The Morgan fingerprint density at radius 3 is 2.52 bits per heavy atom. The van der Waals surface area contributed by atoms with Crippen molar-refractivity contribution in [2.45, 2.75) is 13.3 Å². The number of pyridine rings is 1. The first-order valence-electron chi connectivity index (χ1n) is 6.41. The first-order valence-corrected chi connectivity index (χ1v) is 7.21. The van der Waals surface area contributed by atoms with Gasteiger partial charge in [-0.2, -0.15) is 5.26 Å². The fourth-order valence-electron chi connectivity index (χ4n) is 2.11. The van der Waals surface area contributed by atoms with Crippen molar-refractivity contribution in [1.82, 2.24) is 4.98 Å². The third-order valence-electron chi connectivity index (χ3n) is 3.03. The minimum Gasteiger partial charge on any atom is -0.397 e. The Hall–Kier alpha value is -2.87. The van der Waals surface area contributed by atoms with Crippen molar-refractivity contribution in [2.24, 2.45) is 0 Å². The van der Waals surface area contributed by atoms with Gasteiger partial charge in [0.05, 0.1) is 9.40 Å². The molecule has 130 valence electrons. The van der Waals surface area contributed by atoms with E-state index in [1.807, 2.05) is 0 Å². The van der Waals surface area contributed by atoms with Gasteiger partial charge in [0.1, 0.15) is 11.6 Å². The summed E-state index contributed by atoms with van der Waals surface area (Å²) in [6.45, 7) is 1.52. The molecule has 1 aromatic carbocycles.